The van der Waals surface area contributed by atoms with Crippen molar-refractivity contribution in [2.24, 2.45) is 0 Å². The van der Waals surface area contributed by atoms with E-state index in [0.29, 0.717) is 44.4 Å². The van der Waals surface area contributed by atoms with Crippen LogP contribution in [0, 0.1) is 0 Å². The molecule has 0 saturated heterocycles. The SMILES string of the molecule is CN(C)c1cccc(N2C(=O)c3ccc4c5ccc6c7c(ccc(c8ccc(c3c48)C2=O)c75)C(=O)N(c2cccc(N(C)C)c2)C6=O)c1. The Bertz CT molecular complexity index is 2320. The van der Waals surface area contributed by atoms with Gasteiger partial charge in [-0.3, -0.25) is 19.2 Å². The number of hydrogen-bond acceptors (Lipinski definition) is 6. The highest BCUT2D eigenvalue weighted by Crippen LogP contribution is 2.47. The second-order valence-electron chi connectivity index (χ2n) is 12.9. The summed E-state index contributed by atoms with van der Waals surface area (Å²) in [4.78, 5) is 62.7. The number of hydrogen-bond donors (Lipinski definition) is 0. The Labute approximate surface area is 275 Å². The normalized spacial score (nSPS) is 14.3. The van der Waals surface area contributed by atoms with Crippen LogP contribution in [-0.2, 0) is 0 Å². The first kappa shape index (κ1) is 28.0. The van der Waals surface area contributed by atoms with Crippen molar-refractivity contribution >= 4 is 89.5 Å². The number of nitrogens with zero attached hydrogens (tertiary/aromatic N) is 4. The molecule has 0 atom stereocenters. The first-order valence-electron chi connectivity index (χ1n) is 15.7. The van der Waals surface area contributed by atoms with Crippen LogP contribution in [-0.4, -0.2) is 51.8 Å². The minimum absolute atomic E-state index is 0.377. The molecule has 0 aromatic heterocycles. The van der Waals surface area contributed by atoms with E-state index in [-0.39, 0.29) is 23.6 Å². The van der Waals surface area contributed by atoms with Gasteiger partial charge in [-0.15, -0.1) is 0 Å². The topological polar surface area (TPSA) is 81.2 Å². The van der Waals surface area contributed by atoms with Crippen LogP contribution < -0.4 is 19.6 Å². The lowest BCUT2D eigenvalue weighted by molar-refractivity contribution is 0.0877. The van der Waals surface area contributed by atoms with Gasteiger partial charge in [-0.1, -0.05) is 36.4 Å². The zero-order chi connectivity index (χ0) is 33.2. The molecule has 0 spiro atoms. The molecule has 4 amide bonds. The van der Waals surface area contributed by atoms with Crippen molar-refractivity contribution in [1.29, 1.82) is 0 Å². The minimum atomic E-state index is -0.377. The summed E-state index contributed by atoms with van der Waals surface area (Å²) in [5.74, 6) is -1.51. The van der Waals surface area contributed by atoms with Crippen molar-refractivity contribution in [3.63, 3.8) is 0 Å². The van der Waals surface area contributed by atoms with Gasteiger partial charge in [0.25, 0.3) is 23.6 Å². The molecule has 8 heteroatoms. The molecule has 0 bridgehead atoms. The number of rotatable bonds is 4. The molecule has 2 heterocycles. The van der Waals surface area contributed by atoms with Crippen LogP contribution >= 0.6 is 0 Å². The summed E-state index contributed by atoms with van der Waals surface area (Å²) in [7, 11) is 7.65. The summed E-state index contributed by atoms with van der Waals surface area (Å²) in [5.41, 5.74) is 4.59. The van der Waals surface area contributed by atoms with Crippen molar-refractivity contribution in [1.82, 2.24) is 0 Å². The number of benzene rings is 7. The zero-order valence-corrected chi connectivity index (χ0v) is 26.7. The minimum Gasteiger partial charge on any atom is -0.378 e. The van der Waals surface area contributed by atoms with E-state index in [1.54, 1.807) is 36.4 Å². The van der Waals surface area contributed by atoms with Crippen molar-refractivity contribution in [3.05, 3.63) is 119 Å². The molecule has 8 nitrogen and oxygen atoms in total. The molecule has 7 aromatic carbocycles. The summed E-state index contributed by atoms with van der Waals surface area (Å²) in [6.07, 6.45) is 0. The van der Waals surface area contributed by atoms with Gasteiger partial charge < -0.3 is 9.80 Å². The highest BCUT2D eigenvalue weighted by Gasteiger charge is 2.38. The Morgan fingerprint density at radius 1 is 0.396 bits per heavy atom. The van der Waals surface area contributed by atoms with Crippen molar-refractivity contribution < 1.29 is 19.2 Å². The van der Waals surface area contributed by atoms with Crippen molar-refractivity contribution in [3.8, 4) is 0 Å². The molecule has 2 aliphatic heterocycles. The number of fused-ring (bicyclic) bond motifs is 2. The predicted molar refractivity (Wildman–Crippen MR) is 191 cm³/mol. The quantitative estimate of drug-likeness (QED) is 0.114. The zero-order valence-electron chi connectivity index (χ0n) is 26.7. The van der Waals surface area contributed by atoms with Crippen LogP contribution in [0.3, 0.4) is 0 Å². The molecule has 0 fully saturated rings. The van der Waals surface area contributed by atoms with Crippen LogP contribution in [0.5, 0.6) is 0 Å². The number of carbonyl (C=O) groups excluding carboxylic acids is 4. The third kappa shape index (κ3) is 3.54. The smallest absolute Gasteiger partial charge is 0.265 e. The van der Waals surface area contributed by atoms with E-state index in [4.69, 9.17) is 0 Å². The Morgan fingerprint density at radius 2 is 0.708 bits per heavy atom. The molecular weight excluding hydrogens is 600 g/mol. The van der Waals surface area contributed by atoms with Gasteiger partial charge in [-0.2, -0.15) is 0 Å². The van der Waals surface area contributed by atoms with E-state index in [1.165, 1.54) is 9.80 Å². The maximum atomic E-state index is 14.1. The van der Waals surface area contributed by atoms with E-state index in [1.807, 2.05) is 98.7 Å². The Kier molecular flexibility index (Phi) is 5.61. The maximum Gasteiger partial charge on any atom is 0.265 e. The lowest BCUT2D eigenvalue weighted by atomic mass is 9.82. The average Bonchev–Trinajstić information content (AvgIpc) is 3.09. The number of anilines is 4. The highest BCUT2D eigenvalue weighted by atomic mass is 16.2. The molecule has 0 unspecified atom stereocenters. The fraction of sp³-hybridized carbons (Fsp3) is 0.100. The van der Waals surface area contributed by atoms with Gasteiger partial charge >= 0.3 is 0 Å². The van der Waals surface area contributed by atoms with Gasteiger partial charge in [0.15, 0.2) is 0 Å². The summed E-state index contributed by atoms with van der Waals surface area (Å²) in [6, 6.07) is 29.6. The van der Waals surface area contributed by atoms with Crippen molar-refractivity contribution in [2.75, 3.05) is 47.8 Å². The van der Waals surface area contributed by atoms with Gasteiger partial charge in [0, 0.05) is 72.6 Å². The monoisotopic (exact) mass is 628 g/mol. The lowest BCUT2D eigenvalue weighted by Gasteiger charge is -2.30. The van der Waals surface area contributed by atoms with E-state index in [9.17, 15) is 19.2 Å². The van der Waals surface area contributed by atoms with Crippen LogP contribution in [0.15, 0.2) is 97.1 Å². The molecule has 2 aliphatic rings. The van der Waals surface area contributed by atoms with Gasteiger partial charge in [-0.25, -0.2) is 9.80 Å². The van der Waals surface area contributed by atoms with Gasteiger partial charge in [0.2, 0.25) is 0 Å². The number of imide groups is 2. The third-order valence-corrected chi connectivity index (χ3v) is 9.84. The lowest BCUT2D eigenvalue weighted by Crippen LogP contribution is -2.40. The Morgan fingerprint density at radius 3 is 1.00 bits per heavy atom. The van der Waals surface area contributed by atoms with Gasteiger partial charge in [0.05, 0.1) is 11.4 Å². The van der Waals surface area contributed by atoms with Gasteiger partial charge in [-0.05, 0) is 93.0 Å². The van der Waals surface area contributed by atoms with Crippen LogP contribution in [0.25, 0.3) is 43.1 Å². The number of amides is 4. The Hall–Kier alpha value is -6.28. The maximum absolute atomic E-state index is 14.1. The van der Waals surface area contributed by atoms with Crippen LogP contribution in [0.1, 0.15) is 41.4 Å². The summed E-state index contributed by atoms with van der Waals surface area (Å²) in [5, 5.41) is 6.30. The first-order valence-corrected chi connectivity index (χ1v) is 15.7. The average molecular weight is 629 g/mol. The fourth-order valence-corrected chi connectivity index (χ4v) is 7.56. The molecule has 0 saturated carbocycles. The van der Waals surface area contributed by atoms with E-state index in [2.05, 4.69) is 0 Å². The molecule has 0 radical (unpaired) electrons. The Balaban J connectivity index is 1.26. The van der Waals surface area contributed by atoms with Crippen LogP contribution in [0.4, 0.5) is 22.7 Å². The number of carbonyl (C=O) groups is 4. The fourth-order valence-electron chi connectivity index (χ4n) is 7.56. The summed E-state index contributed by atoms with van der Waals surface area (Å²) in [6.45, 7) is 0. The largest absolute Gasteiger partial charge is 0.378 e. The molecule has 0 N–H and O–H groups in total. The predicted octanol–water partition coefficient (Wildman–Crippen LogP) is 7.47. The first-order chi connectivity index (χ1) is 23.2. The summed E-state index contributed by atoms with van der Waals surface area (Å²) >= 11 is 0. The van der Waals surface area contributed by atoms with E-state index < -0.39 is 0 Å². The van der Waals surface area contributed by atoms with Crippen LogP contribution in [0.2, 0.25) is 0 Å². The molecular formula is C40H28N4O4. The second-order valence-corrected chi connectivity index (χ2v) is 12.9. The molecule has 9 rings (SSSR count). The molecule has 7 aromatic rings. The summed E-state index contributed by atoms with van der Waals surface area (Å²) < 4.78 is 0. The molecule has 232 valence electrons. The standard InChI is InChI=1S/C40H28N4O4/c1-41(2)21-7-5-9-23(19-21)43-37(45)29-15-11-25-27-13-17-31-36-32(40(48)44(39(31)47)24-10-6-8-22(20-24)42(3)4)18-14-28(34(27)36)26-12-16-30(38(43)46)35(29)33(25)26/h5-20H,1-4H3. The van der Waals surface area contributed by atoms with E-state index in [0.717, 1.165) is 43.7 Å². The molecule has 48 heavy (non-hydrogen) atoms. The van der Waals surface area contributed by atoms with Gasteiger partial charge in [0.1, 0.15) is 0 Å². The highest BCUT2D eigenvalue weighted by molar-refractivity contribution is 6.45. The van der Waals surface area contributed by atoms with Crippen molar-refractivity contribution in [2.45, 2.75) is 0 Å². The molecule has 0 aliphatic carbocycles. The third-order valence-electron chi connectivity index (χ3n) is 9.84. The van der Waals surface area contributed by atoms with E-state index >= 15 is 0 Å². The second kappa shape index (κ2) is 9.62.